The minimum Gasteiger partial charge on any atom is -0.462 e. The van der Waals surface area contributed by atoms with E-state index in [1.165, 1.54) is 180 Å². The summed E-state index contributed by atoms with van der Waals surface area (Å²) in [5, 5.41) is 10.6. The van der Waals surface area contributed by atoms with E-state index >= 15 is 0 Å². The summed E-state index contributed by atoms with van der Waals surface area (Å²) in [5.41, 5.74) is 0. The first-order valence-corrected chi connectivity index (χ1v) is 39.6. The maximum atomic E-state index is 13.0. The number of phosphoric ester groups is 2. The van der Waals surface area contributed by atoms with Gasteiger partial charge in [-0.15, -0.1) is 0 Å². The second-order valence-corrected chi connectivity index (χ2v) is 28.7. The first-order valence-electron chi connectivity index (χ1n) is 36.6. The van der Waals surface area contributed by atoms with Gasteiger partial charge in [-0.2, -0.15) is 0 Å². The molecule has 0 aromatic heterocycles. The SMILES string of the molecule is CCCCCCCCCCCCCCCCCCCC(=O)O[C@H](COC(=O)CCCCCCCCCCCCCCC(C)C)COP(=O)(O)OC[C@@H](O)COP(=O)(O)OC[C@@H](COC(=O)CCCCCCCCCC)OC(=O)CCCCCCCCCCC. The molecule has 0 rings (SSSR count). The first-order chi connectivity index (χ1) is 43.0. The van der Waals surface area contributed by atoms with Crippen LogP contribution in [0.4, 0.5) is 0 Å². The molecule has 3 N–H and O–H groups in total. The van der Waals surface area contributed by atoms with Gasteiger partial charge in [0.25, 0.3) is 0 Å². The van der Waals surface area contributed by atoms with Crippen LogP contribution in [0.15, 0.2) is 0 Å². The smallest absolute Gasteiger partial charge is 0.462 e. The molecule has 0 spiro atoms. The number of rotatable bonds is 70. The van der Waals surface area contributed by atoms with Crippen LogP contribution in [0.3, 0.4) is 0 Å². The number of hydrogen-bond donors (Lipinski definition) is 3. The lowest BCUT2D eigenvalue weighted by atomic mass is 10.0. The molecule has 0 amide bonds. The van der Waals surface area contributed by atoms with Crippen LogP contribution in [-0.2, 0) is 65.4 Å². The molecule has 528 valence electrons. The lowest BCUT2D eigenvalue weighted by Crippen LogP contribution is -2.30. The van der Waals surface area contributed by atoms with Gasteiger partial charge in [0, 0.05) is 25.7 Å². The second-order valence-electron chi connectivity index (χ2n) is 25.7. The molecule has 0 aliphatic heterocycles. The van der Waals surface area contributed by atoms with Crippen LogP contribution in [0, 0.1) is 5.92 Å². The highest BCUT2D eigenvalue weighted by Gasteiger charge is 2.30. The molecule has 17 nitrogen and oxygen atoms in total. The van der Waals surface area contributed by atoms with Gasteiger partial charge in [0.15, 0.2) is 12.2 Å². The van der Waals surface area contributed by atoms with Gasteiger partial charge >= 0.3 is 39.5 Å². The fourth-order valence-electron chi connectivity index (χ4n) is 10.6. The Kier molecular flexibility index (Phi) is 62.1. The molecule has 0 bridgehead atoms. The first kappa shape index (κ1) is 87.1. The van der Waals surface area contributed by atoms with E-state index in [9.17, 15) is 43.2 Å². The van der Waals surface area contributed by atoms with Crippen molar-refractivity contribution in [1.29, 1.82) is 0 Å². The number of hydrogen-bond acceptors (Lipinski definition) is 15. The van der Waals surface area contributed by atoms with Crippen LogP contribution in [0.2, 0.25) is 0 Å². The Morgan fingerprint density at radius 2 is 0.517 bits per heavy atom. The third kappa shape index (κ3) is 64.6. The maximum Gasteiger partial charge on any atom is 0.472 e. The van der Waals surface area contributed by atoms with Crippen molar-refractivity contribution in [3.05, 3.63) is 0 Å². The molecule has 2 unspecified atom stereocenters. The highest BCUT2D eigenvalue weighted by atomic mass is 31.2. The molecule has 0 aliphatic rings. The summed E-state index contributed by atoms with van der Waals surface area (Å²) >= 11 is 0. The van der Waals surface area contributed by atoms with Crippen molar-refractivity contribution in [2.45, 2.75) is 380 Å². The Morgan fingerprint density at radius 3 is 0.764 bits per heavy atom. The minimum absolute atomic E-state index is 0.106. The number of carbonyl (C=O) groups excluding carboxylic acids is 4. The summed E-state index contributed by atoms with van der Waals surface area (Å²) in [5.74, 6) is -1.34. The van der Waals surface area contributed by atoms with Crippen LogP contribution < -0.4 is 0 Å². The molecule has 0 aromatic rings. The van der Waals surface area contributed by atoms with Crippen LogP contribution in [-0.4, -0.2) is 96.7 Å². The molecular weight excluding hydrogens is 1170 g/mol. The molecule has 0 heterocycles. The average Bonchev–Trinajstić information content (AvgIpc) is 3.65. The molecular formula is C70H136O17P2. The lowest BCUT2D eigenvalue weighted by Gasteiger charge is -2.21. The lowest BCUT2D eigenvalue weighted by molar-refractivity contribution is -0.161. The second kappa shape index (κ2) is 63.5. The third-order valence-electron chi connectivity index (χ3n) is 16.3. The van der Waals surface area contributed by atoms with Crippen molar-refractivity contribution in [3.63, 3.8) is 0 Å². The monoisotopic (exact) mass is 1310 g/mol. The Morgan fingerprint density at radius 1 is 0.303 bits per heavy atom. The predicted molar refractivity (Wildman–Crippen MR) is 358 cm³/mol. The largest absolute Gasteiger partial charge is 0.472 e. The van der Waals surface area contributed by atoms with Crippen molar-refractivity contribution in [1.82, 2.24) is 0 Å². The van der Waals surface area contributed by atoms with Crippen molar-refractivity contribution < 1.29 is 80.2 Å². The summed E-state index contributed by atoms with van der Waals surface area (Å²) in [6.07, 6.45) is 50.0. The zero-order valence-electron chi connectivity index (χ0n) is 57.6. The fraction of sp³-hybridized carbons (Fsp3) is 0.943. The quantitative estimate of drug-likeness (QED) is 0.0222. The van der Waals surface area contributed by atoms with Crippen molar-refractivity contribution in [3.8, 4) is 0 Å². The van der Waals surface area contributed by atoms with Gasteiger partial charge in [-0.1, -0.05) is 311 Å². The van der Waals surface area contributed by atoms with Gasteiger partial charge in [0.2, 0.25) is 0 Å². The maximum absolute atomic E-state index is 13.0. The van der Waals surface area contributed by atoms with E-state index in [0.717, 1.165) is 102 Å². The van der Waals surface area contributed by atoms with Crippen LogP contribution >= 0.6 is 15.6 Å². The minimum atomic E-state index is -4.95. The molecule has 89 heavy (non-hydrogen) atoms. The standard InChI is InChI=1S/C70H136O17P2/c1-6-9-12-15-18-21-22-23-24-25-26-27-32-36-41-46-51-56-70(75)87-66(60-81-68(73)54-49-44-39-35-31-29-28-30-34-37-42-47-52-63(4)5)62-85-89(78,79)83-58-64(71)57-82-88(76,77)84-61-65(59-80-67(72)53-48-43-38-20-17-14-11-8-3)86-69(74)55-50-45-40-33-19-16-13-10-7-2/h63-66,71H,6-62H2,1-5H3,(H,76,77)(H,78,79)/t64-,65+,66+/m0/s1. The van der Waals surface area contributed by atoms with Crippen LogP contribution in [0.1, 0.15) is 362 Å². The average molecular weight is 1310 g/mol. The summed E-state index contributed by atoms with van der Waals surface area (Å²) in [6.45, 7) is 7.22. The summed E-state index contributed by atoms with van der Waals surface area (Å²) in [7, 11) is -9.89. The molecule has 0 aromatic carbocycles. The molecule has 19 heteroatoms. The molecule has 5 atom stereocenters. The summed E-state index contributed by atoms with van der Waals surface area (Å²) < 4.78 is 68.2. The highest BCUT2D eigenvalue weighted by molar-refractivity contribution is 7.47. The van der Waals surface area contributed by atoms with Gasteiger partial charge in [-0.3, -0.25) is 37.3 Å². The predicted octanol–water partition coefficient (Wildman–Crippen LogP) is 20.1. The van der Waals surface area contributed by atoms with Crippen molar-refractivity contribution in [2.75, 3.05) is 39.6 Å². The van der Waals surface area contributed by atoms with Gasteiger partial charge in [-0.25, -0.2) is 9.13 Å². The number of carbonyl (C=O) groups is 4. The number of esters is 4. The van der Waals surface area contributed by atoms with E-state index in [2.05, 4.69) is 34.6 Å². The van der Waals surface area contributed by atoms with Gasteiger partial charge < -0.3 is 33.8 Å². The van der Waals surface area contributed by atoms with Crippen LogP contribution in [0.25, 0.3) is 0 Å². The Balaban J connectivity index is 5.19. The zero-order chi connectivity index (χ0) is 65.6. The van der Waals surface area contributed by atoms with Gasteiger partial charge in [0.1, 0.15) is 19.3 Å². The number of phosphoric acid groups is 2. The summed E-state index contributed by atoms with van der Waals surface area (Å²) in [4.78, 5) is 72.4. The van der Waals surface area contributed by atoms with Crippen molar-refractivity contribution in [2.24, 2.45) is 5.92 Å². The summed E-state index contributed by atoms with van der Waals surface area (Å²) in [6, 6.07) is 0. The van der Waals surface area contributed by atoms with E-state index in [-0.39, 0.29) is 25.7 Å². The van der Waals surface area contributed by atoms with E-state index in [0.29, 0.717) is 25.7 Å². The molecule has 0 fully saturated rings. The van der Waals surface area contributed by atoms with Gasteiger partial charge in [-0.05, 0) is 31.6 Å². The third-order valence-corrected chi connectivity index (χ3v) is 18.2. The normalized spacial score (nSPS) is 14.1. The molecule has 0 saturated carbocycles. The van der Waals surface area contributed by atoms with Crippen LogP contribution in [0.5, 0.6) is 0 Å². The number of aliphatic hydroxyl groups is 1. The van der Waals surface area contributed by atoms with E-state index in [1.54, 1.807) is 0 Å². The van der Waals surface area contributed by atoms with Gasteiger partial charge in [0.05, 0.1) is 26.4 Å². The molecule has 0 aliphatic carbocycles. The fourth-order valence-corrected chi connectivity index (χ4v) is 12.2. The zero-order valence-corrected chi connectivity index (χ0v) is 59.4. The molecule has 0 saturated heterocycles. The number of unbranched alkanes of at least 4 members (excludes halogenated alkanes) is 42. The van der Waals surface area contributed by atoms with E-state index in [4.69, 9.17) is 37.0 Å². The van der Waals surface area contributed by atoms with E-state index < -0.39 is 97.5 Å². The van der Waals surface area contributed by atoms with E-state index in [1.807, 2.05) is 0 Å². The Hall–Kier alpha value is -1.94. The Bertz CT molecular complexity index is 1720. The Labute approximate surface area is 543 Å². The highest BCUT2D eigenvalue weighted by Crippen LogP contribution is 2.45. The topological polar surface area (TPSA) is 237 Å². The molecule has 0 radical (unpaired) electrons. The number of ether oxygens (including phenoxy) is 4. The number of aliphatic hydroxyl groups excluding tert-OH is 1. The van der Waals surface area contributed by atoms with Crippen molar-refractivity contribution >= 4 is 39.5 Å².